The number of nitrogens with one attached hydrogen (secondary N) is 1. The summed E-state index contributed by atoms with van der Waals surface area (Å²) in [7, 11) is 2.15. The highest BCUT2D eigenvalue weighted by molar-refractivity contribution is 5.86. The van der Waals surface area contributed by atoms with E-state index in [1.807, 2.05) is 6.20 Å². The van der Waals surface area contributed by atoms with Gasteiger partial charge < -0.3 is 9.80 Å². The second-order valence-electron chi connectivity index (χ2n) is 8.80. The maximum Gasteiger partial charge on any atom is 0.0943 e. The molecule has 1 aliphatic carbocycles. The van der Waals surface area contributed by atoms with Crippen LogP contribution in [0.4, 0.5) is 5.69 Å². The Bertz CT molecular complexity index is 1300. The van der Waals surface area contributed by atoms with Crippen LogP contribution in [0.3, 0.4) is 0 Å². The molecular weight excluding hydrogens is 392 g/mol. The molecule has 1 aromatic heterocycles. The zero-order valence-corrected chi connectivity index (χ0v) is 18.6. The summed E-state index contributed by atoms with van der Waals surface area (Å²) in [5.41, 5.74) is 10.9. The van der Waals surface area contributed by atoms with Gasteiger partial charge in [0, 0.05) is 30.3 Å². The molecule has 4 aromatic rings. The maximum absolute atomic E-state index is 4.37. The summed E-state index contributed by atoms with van der Waals surface area (Å²) in [6.45, 7) is 5.26. The minimum atomic E-state index is -0.433. The number of benzene rings is 3. The fraction of sp³-hybridized carbons (Fsp3) is 0.179. The monoisotopic (exact) mass is 418 g/mol. The summed E-state index contributed by atoms with van der Waals surface area (Å²) >= 11 is 0. The normalized spacial score (nSPS) is 16.5. The van der Waals surface area contributed by atoms with Gasteiger partial charge >= 0.3 is 0 Å². The highest BCUT2D eigenvalue weighted by atomic mass is 15.4. The summed E-state index contributed by atoms with van der Waals surface area (Å²) in [5.74, 6) is 0. The van der Waals surface area contributed by atoms with Crippen LogP contribution in [0.5, 0.6) is 0 Å². The van der Waals surface area contributed by atoms with Crippen LogP contribution in [-0.4, -0.2) is 28.8 Å². The first-order valence-electron chi connectivity index (χ1n) is 11.1. The van der Waals surface area contributed by atoms with Gasteiger partial charge in [-0.15, -0.1) is 0 Å². The Labute approximate surface area is 188 Å². The Balaban J connectivity index is 1.64. The van der Waals surface area contributed by atoms with E-state index in [1.165, 1.54) is 44.9 Å². The average Bonchev–Trinajstić information content (AvgIpc) is 3.53. The third-order valence-corrected chi connectivity index (χ3v) is 7.30. The van der Waals surface area contributed by atoms with Crippen molar-refractivity contribution in [3.63, 3.8) is 0 Å². The number of rotatable bonds is 3. The third-order valence-electron chi connectivity index (χ3n) is 7.30. The first-order valence-corrected chi connectivity index (χ1v) is 11.1. The standard InChI is InChI=1S/C28H26N4/c1-19-20(2)32(18-31(19)3)22-10-8-9-21(17-22)28(27-15-16-29-30-27)25-13-6-4-11-23(25)24-12-5-7-14-26(24)28/h4-17H,18H2,1-3H3,(H,29,30). The number of fused-ring (bicyclic) bond motifs is 3. The molecule has 0 saturated carbocycles. The van der Waals surface area contributed by atoms with Gasteiger partial charge in [0.15, 0.2) is 0 Å². The van der Waals surface area contributed by atoms with Crippen molar-refractivity contribution in [2.24, 2.45) is 0 Å². The van der Waals surface area contributed by atoms with E-state index < -0.39 is 5.41 Å². The van der Waals surface area contributed by atoms with E-state index in [9.17, 15) is 0 Å². The molecule has 2 heterocycles. The van der Waals surface area contributed by atoms with Crippen LogP contribution in [0.15, 0.2) is 96.5 Å². The highest BCUT2D eigenvalue weighted by Gasteiger charge is 2.47. The topological polar surface area (TPSA) is 35.2 Å². The molecule has 32 heavy (non-hydrogen) atoms. The number of anilines is 1. The van der Waals surface area contributed by atoms with Crippen LogP contribution in [0.2, 0.25) is 0 Å². The van der Waals surface area contributed by atoms with Gasteiger partial charge in [0.05, 0.1) is 17.8 Å². The van der Waals surface area contributed by atoms with Crippen molar-refractivity contribution in [1.82, 2.24) is 15.1 Å². The zero-order chi connectivity index (χ0) is 21.9. The van der Waals surface area contributed by atoms with Gasteiger partial charge in [-0.3, -0.25) is 5.10 Å². The molecule has 0 amide bonds. The molecule has 0 bridgehead atoms. The molecule has 1 aliphatic heterocycles. The highest BCUT2D eigenvalue weighted by Crippen LogP contribution is 2.55. The van der Waals surface area contributed by atoms with E-state index in [1.54, 1.807) is 0 Å². The molecule has 2 aliphatic rings. The van der Waals surface area contributed by atoms with Gasteiger partial charge in [-0.05, 0) is 59.9 Å². The summed E-state index contributed by atoms with van der Waals surface area (Å²) in [5, 5.41) is 7.70. The number of nitrogens with zero attached hydrogens (tertiary/aromatic N) is 3. The average molecular weight is 419 g/mol. The van der Waals surface area contributed by atoms with Crippen molar-refractivity contribution in [1.29, 1.82) is 0 Å². The zero-order valence-electron chi connectivity index (χ0n) is 18.6. The van der Waals surface area contributed by atoms with Crippen LogP contribution in [0, 0.1) is 0 Å². The lowest BCUT2D eigenvalue weighted by molar-refractivity contribution is 0.460. The van der Waals surface area contributed by atoms with Crippen molar-refractivity contribution in [3.05, 3.63) is 119 Å². The number of allylic oxidation sites excluding steroid dienone is 2. The minimum Gasteiger partial charge on any atom is -0.359 e. The van der Waals surface area contributed by atoms with Crippen molar-refractivity contribution in [3.8, 4) is 11.1 Å². The van der Waals surface area contributed by atoms with Crippen molar-refractivity contribution < 1.29 is 0 Å². The maximum atomic E-state index is 4.37. The quantitative estimate of drug-likeness (QED) is 0.406. The van der Waals surface area contributed by atoms with Crippen LogP contribution >= 0.6 is 0 Å². The fourth-order valence-corrected chi connectivity index (χ4v) is 5.53. The molecule has 158 valence electrons. The molecule has 4 nitrogen and oxygen atoms in total. The van der Waals surface area contributed by atoms with Crippen LogP contribution < -0.4 is 4.90 Å². The lowest BCUT2D eigenvalue weighted by Gasteiger charge is -2.33. The molecule has 0 fully saturated rings. The molecule has 1 N–H and O–H groups in total. The van der Waals surface area contributed by atoms with Gasteiger partial charge in [0.25, 0.3) is 0 Å². The van der Waals surface area contributed by atoms with E-state index in [0.717, 1.165) is 12.4 Å². The van der Waals surface area contributed by atoms with Crippen molar-refractivity contribution in [2.45, 2.75) is 19.3 Å². The molecule has 4 heteroatoms. The van der Waals surface area contributed by atoms with Crippen LogP contribution in [-0.2, 0) is 5.41 Å². The van der Waals surface area contributed by atoms with E-state index in [0.29, 0.717) is 0 Å². The number of hydrogen-bond acceptors (Lipinski definition) is 3. The third kappa shape index (κ3) is 2.41. The first kappa shape index (κ1) is 18.9. The fourth-order valence-electron chi connectivity index (χ4n) is 5.53. The van der Waals surface area contributed by atoms with E-state index >= 15 is 0 Å². The molecule has 0 saturated heterocycles. The summed E-state index contributed by atoms with van der Waals surface area (Å²) in [4.78, 5) is 4.69. The number of H-pyrrole nitrogens is 1. The lowest BCUT2D eigenvalue weighted by atomic mass is 9.70. The van der Waals surface area contributed by atoms with Gasteiger partial charge in [-0.25, -0.2) is 0 Å². The van der Waals surface area contributed by atoms with E-state index in [4.69, 9.17) is 0 Å². The number of aromatic amines is 1. The second kappa shape index (κ2) is 6.86. The van der Waals surface area contributed by atoms with Gasteiger partial charge in [-0.1, -0.05) is 60.7 Å². The molecule has 0 radical (unpaired) electrons. The van der Waals surface area contributed by atoms with Gasteiger partial charge in [0.2, 0.25) is 0 Å². The summed E-state index contributed by atoms with van der Waals surface area (Å²) in [6.07, 6.45) is 1.86. The Morgan fingerprint density at radius 2 is 1.50 bits per heavy atom. The van der Waals surface area contributed by atoms with Crippen LogP contribution in [0.1, 0.15) is 36.2 Å². The van der Waals surface area contributed by atoms with Gasteiger partial charge in [-0.2, -0.15) is 5.10 Å². The lowest BCUT2D eigenvalue weighted by Crippen LogP contribution is -2.30. The van der Waals surface area contributed by atoms with Crippen molar-refractivity contribution in [2.75, 3.05) is 18.6 Å². The number of hydrogen-bond donors (Lipinski definition) is 1. The molecule has 0 unspecified atom stereocenters. The number of aromatic nitrogens is 2. The molecule has 3 aromatic carbocycles. The summed E-state index contributed by atoms with van der Waals surface area (Å²) in [6, 6.07) is 28.7. The Morgan fingerprint density at radius 3 is 2.09 bits per heavy atom. The predicted molar refractivity (Wildman–Crippen MR) is 129 cm³/mol. The minimum absolute atomic E-state index is 0.433. The SMILES string of the molecule is CC1=C(C)N(c2cccc(C3(c4ccn[nH]4)c4ccccc4-c4ccccc43)c2)CN1C. The Kier molecular flexibility index (Phi) is 4.06. The van der Waals surface area contributed by atoms with Crippen molar-refractivity contribution >= 4 is 5.69 Å². The predicted octanol–water partition coefficient (Wildman–Crippen LogP) is 5.73. The molecule has 0 atom stereocenters. The summed E-state index contributed by atoms with van der Waals surface area (Å²) < 4.78 is 0. The Hall–Kier alpha value is -3.79. The van der Waals surface area contributed by atoms with Crippen LogP contribution in [0.25, 0.3) is 11.1 Å². The van der Waals surface area contributed by atoms with E-state index in [-0.39, 0.29) is 0 Å². The molecular formula is C28H26N4. The molecule has 0 spiro atoms. The first-order chi connectivity index (χ1) is 15.6. The molecule has 6 rings (SSSR count). The van der Waals surface area contributed by atoms with Gasteiger partial charge in [0.1, 0.15) is 0 Å². The Morgan fingerprint density at radius 1 is 0.812 bits per heavy atom. The smallest absolute Gasteiger partial charge is 0.0943 e. The van der Waals surface area contributed by atoms with E-state index in [2.05, 4.69) is 120 Å². The largest absolute Gasteiger partial charge is 0.359 e. The second-order valence-corrected chi connectivity index (χ2v) is 8.80.